The zero-order chi connectivity index (χ0) is 13.5. The molecule has 0 saturated carbocycles. The summed E-state index contributed by atoms with van der Waals surface area (Å²) in [5, 5.41) is 3.49. The Balaban J connectivity index is 1.68. The van der Waals surface area contributed by atoms with Crippen molar-refractivity contribution in [3.8, 4) is 0 Å². The number of anilines is 1. The molecule has 0 radical (unpaired) electrons. The number of hydrogen-bond acceptors (Lipinski definition) is 3. The van der Waals surface area contributed by atoms with Crippen molar-refractivity contribution in [2.24, 2.45) is 0 Å². The van der Waals surface area contributed by atoms with Gasteiger partial charge in [-0.05, 0) is 38.2 Å². The van der Waals surface area contributed by atoms with Crippen LogP contribution >= 0.6 is 0 Å². The first-order valence-electron chi connectivity index (χ1n) is 7.58. The van der Waals surface area contributed by atoms with Crippen LogP contribution in [0.5, 0.6) is 0 Å². The average molecular weight is 261 g/mol. The van der Waals surface area contributed by atoms with E-state index in [-0.39, 0.29) is 0 Å². The molecule has 1 aliphatic rings. The zero-order valence-electron chi connectivity index (χ0n) is 12.3. The van der Waals surface area contributed by atoms with Crippen molar-refractivity contribution in [2.75, 3.05) is 44.6 Å². The molecule has 19 heavy (non-hydrogen) atoms. The lowest BCUT2D eigenvalue weighted by molar-refractivity contribution is 0.212. The zero-order valence-corrected chi connectivity index (χ0v) is 12.3. The van der Waals surface area contributed by atoms with Gasteiger partial charge in [-0.2, -0.15) is 0 Å². The van der Waals surface area contributed by atoms with E-state index in [0.29, 0.717) is 0 Å². The van der Waals surface area contributed by atoms with E-state index in [1.165, 1.54) is 38.3 Å². The Morgan fingerprint density at radius 2 is 1.95 bits per heavy atom. The van der Waals surface area contributed by atoms with Gasteiger partial charge in [0.15, 0.2) is 0 Å². The number of nitrogens with zero attached hydrogens (tertiary/aromatic N) is 2. The van der Waals surface area contributed by atoms with Crippen molar-refractivity contribution in [1.82, 2.24) is 9.80 Å². The fraction of sp³-hybridized carbons (Fsp3) is 0.625. The Labute approximate surface area is 117 Å². The lowest BCUT2D eigenvalue weighted by Gasteiger charge is -2.26. The van der Waals surface area contributed by atoms with Crippen molar-refractivity contribution >= 4 is 5.69 Å². The standard InChI is InChI=1S/C16H27N3/c1-3-19(4-2)16-10-12-18(14-16)13-11-17-15-8-6-5-7-9-15/h5-9,16-17H,3-4,10-14H2,1-2H3. The number of hydrogen-bond donors (Lipinski definition) is 1. The Hall–Kier alpha value is -1.06. The second-order valence-electron chi connectivity index (χ2n) is 5.26. The molecule has 1 unspecified atom stereocenters. The summed E-state index contributed by atoms with van der Waals surface area (Å²) >= 11 is 0. The molecule has 0 bridgehead atoms. The largest absolute Gasteiger partial charge is 0.384 e. The topological polar surface area (TPSA) is 18.5 Å². The predicted octanol–water partition coefficient (Wildman–Crippen LogP) is 2.51. The number of para-hydroxylation sites is 1. The molecular formula is C16H27N3. The molecule has 1 N–H and O–H groups in total. The lowest BCUT2D eigenvalue weighted by atomic mass is 10.2. The molecule has 1 heterocycles. The van der Waals surface area contributed by atoms with E-state index < -0.39 is 0 Å². The van der Waals surface area contributed by atoms with Crippen LogP contribution in [0.15, 0.2) is 30.3 Å². The van der Waals surface area contributed by atoms with E-state index in [0.717, 1.165) is 19.1 Å². The quantitative estimate of drug-likeness (QED) is 0.813. The minimum atomic E-state index is 0.770. The second-order valence-corrected chi connectivity index (χ2v) is 5.26. The molecule has 1 fully saturated rings. The summed E-state index contributed by atoms with van der Waals surface area (Å²) in [6.45, 7) is 11.6. The Morgan fingerprint density at radius 1 is 1.21 bits per heavy atom. The van der Waals surface area contributed by atoms with E-state index in [1.54, 1.807) is 0 Å². The van der Waals surface area contributed by atoms with Gasteiger partial charge in [-0.1, -0.05) is 32.0 Å². The molecule has 3 heteroatoms. The van der Waals surface area contributed by atoms with E-state index in [9.17, 15) is 0 Å². The van der Waals surface area contributed by atoms with Crippen LogP contribution in [0, 0.1) is 0 Å². The maximum Gasteiger partial charge on any atom is 0.0340 e. The van der Waals surface area contributed by atoms with Gasteiger partial charge in [0.2, 0.25) is 0 Å². The molecule has 106 valence electrons. The fourth-order valence-electron chi connectivity index (χ4n) is 2.97. The Bertz CT molecular complexity index is 348. The van der Waals surface area contributed by atoms with Crippen molar-refractivity contribution in [3.63, 3.8) is 0 Å². The van der Waals surface area contributed by atoms with Gasteiger partial charge < -0.3 is 5.32 Å². The van der Waals surface area contributed by atoms with Gasteiger partial charge in [0, 0.05) is 31.4 Å². The van der Waals surface area contributed by atoms with Gasteiger partial charge in [-0.15, -0.1) is 0 Å². The first kappa shape index (κ1) is 14.4. The normalized spacial score (nSPS) is 20.1. The molecule has 0 aliphatic carbocycles. The minimum absolute atomic E-state index is 0.770. The lowest BCUT2D eigenvalue weighted by Crippen LogP contribution is -2.38. The molecular weight excluding hydrogens is 234 g/mol. The highest BCUT2D eigenvalue weighted by atomic mass is 15.3. The van der Waals surface area contributed by atoms with Crippen LogP contribution in [-0.2, 0) is 0 Å². The number of benzene rings is 1. The van der Waals surface area contributed by atoms with Crippen molar-refractivity contribution in [2.45, 2.75) is 26.3 Å². The first-order valence-corrected chi connectivity index (χ1v) is 7.58. The molecule has 0 spiro atoms. The molecule has 0 amide bonds. The van der Waals surface area contributed by atoms with Crippen LogP contribution in [0.4, 0.5) is 5.69 Å². The monoisotopic (exact) mass is 261 g/mol. The molecule has 1 saturated heterocycles. The fourth-order valence-corrected chi connectivity index (χ4v) is 2.97. The van der Waals surface area contributed by atoms with Gasteiger partial charge in [-0.25, -0.2) is 0 Å². The SMILES string of the molecule is CCN(CC)C1CCN(CCNc2ccccc2)C1. The number of likely N-dealkylation sites (N-methyl/N-ethyl adjacent to an activating group) is 1. The third-order valence-electron chi connectivity index (χ3n) is 4.11. The highest BCUT2D eigenvalue weighted by Gasteiger charge is 2.25. The van der Waals surface area contributed by atoms with Crippen molar-refractivity contribution in [3.05, 3.63) is 30.3 Å². The van der Waals surface area contributed by atoms with Crippen molar-refractivity contribution in [1.29, 1.82) is 0 Å². The molecule has 1 aromatic rings. The smallest absolute Gasteiger partial charge is 0.0340 e. The highest BCUT2D eigenvalue weighted by molar-refractivity contribution is 5.42. The highest BCUT2D eigenvalue weighted by Crippen LogP contribution is 2.15. The van der Waals surface area contributed by atoms with Crippen LogP contribution in [0.2, 0.25) is 0 Å². The van der Waals surface area contributed by atoms with Gasteiger partial charge in [0.25, 0.3) is 0 Å². The van der Waals surface area contributed by atoms with Gasteiger partial charge in [0.05, 0.1) is 0 Å². The van der Waals surface area contributed by atoms with Crippen molar-refractivity contribution < 1.29 is 0 Å². The van der Waals surface area contributed by atoms with E-state index in [2.05, 4.69) is 59.3 Å². The second kappa shape index (κ2) is 7.51. The predicted molar refractivity (Wildman–Crippen MR) is 82.7 cm³/mol. The summed E-state index contributed by atoms with van der Waals surface area (Å²) in [5.74, 6) is 0. The maximum absolute atomic E-state index is 3.49. The van der Waals surface area contributed by atoms with Crippen LogP contribution < -0.4 is 5.32 Å². The number of nitrogens with one attached hydrogen (secondary N) is 1. The van der Waals surface area contributed by atoms with Crippen LogP contribution in [0.25, 0.3) is 0 Å². The molecule has 0 aromatic heterocycles. The summed E-state index contributed by atoms with van der Waals surface area (Å²) in [6.07, 6.45) is 1.33. The Kier molecular flexibility index (Phi) is 5.67. The molecule has 1 aromatic carbocycles. The average Bonchev–Trinajstić information content (AvgIpc) is 2.90. The van der Waals surface area contributed by atoms with Crippen LogP contribution in [-0.4, -0.2) is 55.1 Å². The van der Waals surface area contributed by atoms with Gasteiger partial charge >= 0.3 is 0 Å². The maximum atomic E-state index is 3.49. The van der Waals surface area contributed by atoms with E-state index in [1.807, 2.05) is 0 Å². The number of rotatable bonds is 7. The van der Waals surface area contributed by atoms with E-state index in [4.69, 9.17) is 0 Å². The summed E-state index contributed by atoms with van der Waals surface area (Å²) in [7, 11) is 0. The molecule has 3 nitrogen and oxygen atoms in total. The number of likely N-dealkylation sites (tertiary alicyclic amines) is 1. The molecule has 1 atom stereocenters. The van der Waals surface area contributed by atoms with Crippen LogP contribution in [0.1, 0.15) is 20.3 Å². The summed E-state index contributed by atoms with van der Waals surface area (Å²) in [6, 6.07) is 11.2. The first-order chi connectivity index (χ1) is 9.33. The summed E-state index contributed by atoms with van der Waals surface area (Å²) in [4.78, 5) is 5.17. The molecule has 2 rings (SSSR count). The van der Waals surface area contributed by atoms with E-state index >= 15 is 0 Å². The third kappa shape index (κ3) is 4.22. The van der Waals surface area contributed by atoms with Gasteiger partial charge in [-0.3, -0.25) is 9.80 Å². The Morgan fingerprint density at radius 3 is 2.63 bits per heavy atom. The molecule has 1 aliphatic heterocycles. The summed E-state index contributed by atoms with van der Waals surface area (Å²) in [5.41, 5.74) is 1.22. The minimum Gasteiger partial charge on any atom is -0.384 e. The van der Waals surface area contributed by atoms with Gasteiger partial charge in [0.1, 0.15) is 0 Å². The summed E-state index contributed by atoms with van der Waals surface area (Å²) < 4.78 is 0. The third-order valence-corrected chi connectivity index (χ3v) is 4.11. The van der Waals surface area contributed by atoms with Crippen LogP contribution in [0.3, 0.4) is 0 Å².